The molecule has 0 bridgehead atoms. The van der Waals surface area contributed by atoms with E-state index in [0.29, 0.717) is 17.0 Å². The van der Waals surface area contributed by atoms with Crippen LogP contribution in [0.3, 0.4) is 0 Å². The smallest absolute Gasteiger partial charge is 0.241 e. The van der Waals surface area contributed by atoms with E-state index < -0.39 is 15.3 Å². The van der Waals surface area contributed by atoms with Gasteiger partial charge < -0.3 is 5.32 Å². The first-order valence-corrected chi connectivity index (χ1v) is 9.09. The van der Waals surface area contributed by atoms with Crippen LogP contribution >= 0.6 is 11.6 Å². The fraction of sp³-hybridized carbons (Fsp3) is 0.400. The van der Waals surface area contributed by atoms with E-state index in [1.54, 1.807) is 38.2 Å². The van der Waals surface area contributed by atoms with Crippen molar-refractivity contribution < 1.29 is 8.42 Å². The van der Waals surface area contributed by atoms with Crippen molar-refractivity contribution in [1.82, 2.24) is 9.29 Å². The monoisotopic (exact) mass is 339 g/mol. The van der Waals surface area contributed by atoms with Gasteiger partial charge in [-0.05, 0) is 31.5 Å². The molecule has 1 aliphatic rings. The van der Waals surface area contributed by atoms with Crippen molar-refractivity contribution in [3.05, 3.63) is 35.0 Å². The van der Waals surface area contributed by atoms with Gasteiger partial charge in [-0.3, -0.25) is 4.99 Å². The summed E-state index contributed by atoms with van der Waals surface area (Å²) in [5, 5.41) is 4.05. The summed E-state index contributed by atoms with van der Waals surface area (Å²) >= 11 is 6.32. The van der Waals surface area contributed by atoms with Gasteiger partial charge in [0.2, 0.25) is 10.0 Å². The maximum atomic E-state index is 12.6. The number of aliphatic imine (C=N–C) groups is 1. The fourth-order valence-corrected chi connectivity index (χ4v) is 4.05. The third-order valence-electron chi connectivity index (χ3n) is 3.79. The van der Waals surface area contributed by atoms with E-state index in [1.165, 1.54) is 3.97 Å². The lowest BCUT2D eigenvalue weighted by atomic mass is 10.1. The number of amidine groups is 1. The van der Waals surface area contributed by atoms with Gasteiger partial charge in [-0.25, -0.2) is 12.4 Å². The highest BCUT2D eigenvalue weighted by Crippen LogP contribution is 2.31. The topological polar surface area (TPSA) is 63.5 Å². The third-order valence-corrected chi connectivity index (χ3v) is 6.15. The largest absolute Gasteiger partial charge is 0.372 e. The number of fused-ring (bicyclic) bond motifs is 1. The van der Waals surface area contributed by atoms with Gasteiger partial charge in [0.05, 0.1) is 22.3 Å². The molecule has 0 fully saturated rings. The van der Waals surface area contributed by atoms with Crippen LogP contribution < -0.4 is 5.32 Å². The lowest BCUT2D eigenvalue weighted by Crippen LogP contribution is -2.22. The van der Waals surface area contributed by atoms with E-state index in [2.05, 4.69) is 10.3 Å². The molecule has 1 N–H and O–H groups in total. The molecule has 1 aromatic carbocycles. The van der Waals surface area contributed by atoms with Gasteiger partial charge in [0.1, 0.15) is 5.84 Å². The molecular weight excluding hydrogens is 322 g/mol. The van der Waals surface area contributed by atoms with Gasteiger partial charge in [-0.1, -0.05) is 17.7 Å². The molecule has 0 spiro atoms. The molecule has 118 valence electrons. The second-order valence-corrected chi connectivity index (χ2v) is 8.38. The van der Waals surface area contributed by atoms with Crippen LogP contribution in [0.15, 0.2) is 29.4 Å². The normalized spacial score (nSPS) is 15.4. The molecule has 3 rings (SSSR count). The molecule has 0 unspecified atom stereocenters. The number of rotatable bonds is 4. The first-order valence-electron chi connectivity index (χ1n) is 7.21. The highest BCUT2D eigenvalue weighted by Gasteiger charge is 2.24. The zero-order chi connectivity index (χ0) is 15.9. The van der Waals surface area contributed by atoms with E-state index >= 15 is 0 Å². The first-order chi connectivity index (χ1) is 10.4. The van der Waals surface area contributed by atoms with E-state index in [4.69, 9.17) is 11.6 Å². The summed E-state index contributed by atoms with van der Waals surface area (Å²) in [7, 11) is -3.44. The molecule has 0 saturated heterocycles. The molecule has 5 nitrogen and oxygen atoms in total. The number of hydrogen-bond donors (Lipinski definition) is 1. The standard InChI is InChI=1S/C15H18ClN3O2S/c1-10(2)22(20,21)19-9-11(8-14-17-6-7-18-14)15-12(16)4-3-5-13(15)19/h3-5,9-10H,6-8H2,1-2H3,(H,17,18). The van der Waals surface area contributed by atoms with Gasteiger partial charge in [-0.15, -0.1) is 0 Å². The average Bonchev–Trinajstić information content (AvgIpc) is 3.08. The molecule has 7 heteroatoms. The van der Waals surface area contributed by atoms with Crippen molar-refractivity contribution in [2.24, 2.45) is 4.99 Å². The second-order valence-electron chi connectivity index (χ2n) is 5.61. The summed E-state index contributed by atoms with van der Waals surface area (Å²) in [5.41, 5.74) is 1.49. The van der Waals surface area contributed by atoms with E-state index in [1.807, 2.05) is 0 Å². The molecule has 1 aliphatic heterocycles. The van der Waals surface area contributed by atoms with Crippen LogP contribution in [0.25, 0.3) is 10.9 Å². The van der Waals surface area contributed by atoms with E-state index in [-0.39, 0.29) is 0 Å². The lowest BCUT2D eigenvalue weighted by Gasteiger charge is -2.10. The van der Waals surface area contributed by atoms with Crippen LogP contribution in [0, 0.1) is 0 Å². The van der Waals surface area contributed by atoms with Gasteiger partial charge >= 0.3 is 0 Å². The number of hydrogen-bond acceptors (Lipinski definition) is 4. The van der Waals surface area contributed by atoms with Gasteiger partial charge in [0.25, 0.3) is 0 Å². The average molecular weight is 340 g/mol. The number of aromatic nitrogens is 1. The number of nitrogens with zero attached hydrogens (tertiary/aromatic N) is 2. The predicted molar refractivity (Wildman–Crippen MR) is 90.4 cm³/mol. The summed E-state index contributed by atoms with van der Waals surface area (Å²) in [6, 6.07) is 5.34. The molecular formula is C15H18ClN3O2S. The van der Waals surface area contributed by atoms with Crippen molar-refractivity contribution in [3.8, 4) is 0 Å². The maximum absolute atomic E-state index is 12.6. The van der Waals surface area contributed by atoms with Crippen LogP contribution in [0.4, 0.5) is 0 Å². The number of nitrogens with one attached hydrogen (secondary N) is 1. The van der Waals surface area contributed by atoms with Crippen molar-refractivity contribution in [2.75, 3.05) is 13.1 Å². The Balaban J connectivity index is 2.21. The minimum absolute atomic E-state index is 0.503. The third kappa shape index (κ3) is 2.50. The Labute approximate surface area is 135 Å². The molecule has 0 radical (unpaired) electrons. The Morgan fingerprint density at radius 1 is 1.41 bits per heavy atom. The predicted octanol–water partition coefficient (Wildman–Crippen LogP) is 2.43. The highest BCUT2D eigenvalue weighted by atomic mass is 35.5. The highest BCUT2D eigenvalue weighted by molar-refractivity contribution is 7.90. The van der Waals surface area contributed by atoms with Gasteiger partial charge in [0, 0.05) is 24.5 Å². The van der Waals surface area contributed by atoms with Gasteiger partial charge in [0.15, 0.2) is 0 Å². The molecule has 2 heterocycles. The summed E-state index contributed by atoms with van der Waals surface area (Å²) in [6.07, 6.45) is 2.23. The van der Waals surface area contributed by atoms with Crippen molar-refractivity contribution in [3.63, 3.8) is 0 Å². The Hall–Kier alpha value is -1.53. The SMILES string of the molecule is CC(C)S(=O)(=O)n1cc(CC2=NCCN2)c2c(Cl)cccc21. The fourth-order valence-electron chi connectivity index (χ4n) is 2.61. The zero-order valence-electron chi connectivity index (χ0n) is 12.5. The summed E-state index contributed by atoms with van der Waals surface area (Å²) in [4.78, 5) is 4.38. The maximum Gasteiger partial charge on any atom is 0.241 e. The lowest BCUT2D eigenvalue weighted by molar-refractivity contribution is 0.580. The van der Waals surface area contributed by atoms with Crippen molar-refractivity contribution in [2.45, 2.75) is 25.5 Å². The molecule has 0 atom stereocenters. The minimum atomic E-state index is -3.44. The Kier molecular flexibility index (Phi) is 3.91. The molecule has 1 aromatic heterocycles. The minimum Gasteiger partial charge on any atom is -0.372 e. The van der Waals surface area contributed by atoms with Crippen LogP contribution in [-0.4, -0.2) is 36.6 Å². The molecule has 22 heavy (non-hydrogen) atoms. The Morgan fingerprint density at radius 2 is 2.18 bits per heavy atom. The summed E-state index contributed by atoms with van der Waals surface area (Å²) in [5.74, 6) is 0.876. The Morgan fingerprint density at radius 3 is 2.82 bits per heavy atom. The van der Waals surface area contributed by atoms with Crippen LogP contribution in [-0.2, 0) is 16.4 Å². The van der Waals surface area contributed by atoms with Crippen LogP contribution in [0.5, 0.6) is 0 Å². The van der Waals surface area contributed by atoms with E-state index in [9.17, 15) is 8.42 Å². The number of halogens is 1. The second kappa shape index (κ2) is 5.59. The van der Waals surface area contributed by atoms with Crippen LogP contribution in [0.2, 0.25) is 5.02 Å². The molecule has 0 aliphatic carbocycles. The molecule has 0 amide bonds. The van der Waals surface area contributed by atoms with Gasteiger partial charge in [-0.2, -0.15) is 0 Å². The van der Waals surface area contributed by atoms with Crippen molar-refractivity contribution >= 4 is 38.4 Å². The number of benzene rings is 1. The summed E-state index contributed by atoms with van der Waals surface area (Å²) < 4.78 is 26.5. The van der Waals surface area contributed by atoms with E-state index in [0.717, 1.165) is 29.9 Å². The van der Waals surface area contributed by atoms with Crippen LogP contribution in [0.1, 0.15) is 19.4 Å². The molecule has 2 aromatic rings. The first kappa shape index (κ1) is 15.4. The summed E-state index contributed by atoms with van der Waals surface area (Å²) in [6.45, 7) is 4.93. The quantitative estimate of drug-likeness (QED) is 0.930. The zero-order valence-corrected chi connectivity index (χ0v) is 14.1. The van der Waals surface area contributed by atoms with Crippen molar-refractivity contribution in [1.29, 1.82) is 0 Å². The molecule has 0 saturated carbocycles. The Bertz CT molecular complexity index is 853.